The van der Waals surface area contributed by atoms with Crippen molar-refractivity contribution in [1.29, 1.82) is 0 Å². The Balaban J connectivity index is 1.89. The smallest absolute Gasteiger partial charge is 0.271 e. The lowest BCUT2D eigenvalue weighted by Gasteiger charge is -2.24. The Morgan fingerprint density at radius 3 is 2.34 bits per heavy atom. The Morgan fingerprint density at radius 2 is 1.78 bits per heavy atom. The summed E-state index contributed by atoms with van der Waals surface area (Å²) in [6.45, 7) is 3.34. The molecule has 1 aliphatic heterocycles. The van der Waals surface area contributed by atoms with Gasteiger partial charge in [-0.15, -0.1) is 0 Å². The number of ketones is 1. The van der Waals surface area contributed by atoms with Gasteiger partial charge >= 0.3 is 0 Å². The topological polar surface area (TPSA) is 63.9 Å². The number of benzene rings is 2. The maximum Gasteiger partial charge on any atom is 0.271 e. The minimum atomic E-state index is -0.520. The SMILES string of the molecule is COc1ccc(C2C(C(C)=O)=C(C)N=c3s/c(=C/c4ccc(N(C)C)cc4)c(=O)n32)cc1. The van der Waals surface area contributed by atoms with Crippen LogP contribution in [0.25, 0.3) is 6.08 Å². The highest BCUT2D eigenvalue weighted by atomic mass is 32.1. The van der Waals surface area contributed by atoms with E-state index >= 15 is 0 Å². The number of fused-ring (bicyclic) bond motifs is 1. The summed E-state index contributed by atoms with van der Waals surface area (Å²) in [5.74, 6) is 0.619. The Kier molecular flexibility index (Phi) is 5.84. The molecule has 1 aliphatic rings. The molecule has 3 aromatic rings. The molecule has 0 amide bonds. The molecular weight excluding hydrogens is 422 g/mol. The fourth-order valence-electron chi connectivity index (χ4n) is 3.89. The van der Waals surface area contributed by atoms with Crippen LogP contribution in [0, 0.1) is 0 Å². The van der Waals surface area contributed by atoms with E-state index in [0.29, 0.717) is 26.4 Å². The van der Waals surface area contributed by atoms with Crippen molar-refractivity contribution in [2.75, 3.05) is 26.1 Å². The second-order valence-corrected chi connectivity index (χ2v) is 8.91. The van der Waals surface area contributed by atoms with Gasteiger partial charge in [0, 0.05) is 31.1 Å². The highest BCUT2D eigenvalue weighted by Crippen LogP contribution is 2.31. The fraction of sp³-hybridized carbons (Fsp3) is 0.240. The van der Waals surface area contributed by atoms with Crippen molar-refractivity contribution >= 4 is 28.9 Å². The molecule has 1 unspecified atom stereocenters. The first-order valence-corrected chi connectivity index (χ1v) is 11.1. The van der Waals surface area contributed by atoms with E-state index in [9.17, 15) is 9.59 Å². The van der Waals surface area contributed by atoms with Crippen molar-refractivity contribution < 1.29 is 9.53 Å². The number of anilines is 1. The van der Waals surface area contributed by atoms with Crippen LogP contribution in [0.4, 0.5) is 5.69 Å². The van der Waals surface area contributed by atoms with Gasteiger partial charge in [-0.1, -0.05) is 35.6 Å². The molecule has 0 saturated carbocycles. The first-order chi connectivity index (χ1) is 15.3. The number of Topliss-reactive ketones (excluding diaryl/α,β-unsaturated/α-hetero) is 1. The van der Waals surface area contributed by atoms with Crippen LogP contribution in [-0.4, -0.2) is 31.6 Å². The Morgan fingerprint density at radius 1 is 1.12 bits per heavy atom. The van der Waals surface area contributed by atoms with Gasteiger partial charge in [-0.2, -0.15) is 0 Å². The van der Waals surface area contributed by atoms with Crippen LogP contribution in [0.1, 0.15) is 31.0 Å². The van der Waals surface area contributed by atoms with E-state index in [0.717, 1.165) is 16.8 Å². The molecule has 4 rings (SSSR count). The Labute approximate surface area is 190 Å². The molecule has 1 atom stereocenters. The zero-order valence-corrected chi connectivity index (χ0v) is 19.6. The number of hydrogen-bond donors (Lipinski definition) is 0. The van der Waals surface area contributed by atoms with E-state index in [1.165, 1.54) is 18.3 Å². The van der Waals surface area contributed by atoms with Crippen molar-refractivity contribution in [2.45, 2.75) is 19.9 Å². The van der Waals surface area contributed by atoms with Gasteiger partial charge in [-0.25, -0.2) is 4.99 Å². The number of carbonyl (C=O) groups is 1. The second kappa shape index (κ2) is 8.59. The lowest BCUT2D eigenvalue weighted by molar-refractivity contribution is -0.114. The molecule has 0 N–H and O–H groups in total. The average molecular weight is 448 g/mol. The molecule has 0 saturated heterocycles. The largest absolute Gasteiger partial charge is 0.497 e. The highest BCUT2D eigenvalue weighted by molar-refractivity contribution is 7.07. The first-order valence-electron chi connectivity index (χ1n) is 10.2. The summed E-state index contributed by atoms with van der Waals surface area (Å²) in [4.78, 5) is 33.3. The Bertz CT molecular complexity index is 1380. The number of rotatable bonds is 5. The average Bonchev–Trinajstić information content (AvgIpc) is 3.07. The van der Waals surface area contributed by atoms with Crippen LogP contribution in [0.15, 0.2) is 69.6 Å². The molecule has 0 fully saturated rings. The van der Waals surface area contributed by atoms with Gasteiger partial charge < -0.3 is 9.64 Å². The molecule has 0 aliphatic carbocycles. The van der Waals surface area contributed by atoms with Gasteiger partial charge in [0.25, 0.3) is 5.56 Å². The number of hydrogen-bond acceptors (Lipinski definition) is 6. The number of nitrogens with zero attached hydrogens (tertiary/aromatic N) is 3. The molecule has 0 spiro atoms. The number of allylic oxidation sites excluding steroid dienone is 2. The second-order valence-electron chi connectivity index (χ2n) is 7.90. The van der Waals surface area contributed by atoms with Crippen molar-refractivity contribution in [3.63, 3.8) is 0 Å². The number of carbonyl (C=O) groups excluding carboxylic acids is 1. The van der Waals surface area contributed by atoms with Crippen LogP contribution >= 0.6 is 11.3 Å². The molecule has 6 nitrogen and oxygen atoms in total. The third-order valence-electron chi connectivity index (χ3n) is 5.54. The predicted molar refractivity (Wildman–Crippen MR) is 128 cm³/mol. The molecule has 0 bridgehead atoms. The van der Waals surface area contributed by atoms with Crippen molar-refractivity contribution in [3.05, 3.63) is 90.6 Å². The summed E-state index contributed by atoms with van der Waals surface area (Å²) in [6, 6.07) is 14.9. The highest BCUT2D eigenvalue weighted by Gasteiger charge is 2.30. The number of thiazole rings is 1. The number of aromatic nitrogens is 1. The van der Waals surface area contributed by atoms with Gasteiger partial charge in [-0.3, -0.25) is 14.2 Å². The third-order valence-corrected chi connectivity index (χ3v) is 6.52. The van der Waals surface area contributed by atoms with E-state index in [4.69, 9.17) is 4.74 Å². The van der Waals surface area contributed by atoms with Crippen LogP contribution in [0.3, 0.4) is 0 Å². The summed E-state index contributed by atoms with van der Waals surface area (Å²) in [5, 5.41) is 0. The standard InChI is InChI=1S/C25H25N3O3S/c1-15-22(16(2)29)23(18-8-12-20(31-5)13-9-18)28-24(30)21(32-25(28)26-15)14-17-6-10-19(11-7-17)27(3)4/h6-14,23H,1-5H3/b21-14+. The minimum Gasteiger partial charge on any atom is -0.497 e. The van der Waals surface area contributed by atoms with Gasteiger partial charge in [0.2, 0.25) is 0 Å². The zero-order valence-electron chi connectivity index (χ0n) is 18.7. The molecule has 2 aromatic carbocycles. The van der Waals surface area contributed by atoms with Crippen LogP contribution in [0.5, 0.6) is 5.75 Å². The molecule has 7 heteroatoms. The minimum absolute atomic E-state index is 0.0966. The summed E-state index contributed by atoms with van der Waals surface area (Å²) in [5.41, 5.74) is 3.88. The molecule has 0 radical (unpaired) electrons. The van der Waals surface area contributed by atoms with Crippen LogP contribution in [0.2, 0.25) is 0 Å². The summed E-state index contributed by atoms with van der Waals surface area (Å²) in [7, 11) is 5.58. The van der Waals surface area contributed by atoms with Gasteiger partial charge in [0.05, 0.1) is 17.7 Å². The number of methoxy groups -OCH3 is 1. The monoisotopic (exact) mass is 447 g/mol. The Hall–Kier alpha value is -3.45. The van der Waals surface area contributed by atoms with E-state index in [1.54, 1.807) is 11.7 Å². The first kappa shape index (κ1) is 21.8. The predicted octanol–water partition coefficient (Wildman–Crippen LogP) is 2.90. The van der Waals surface area contributed by atoms with E-state index < -0.39 is 6.04 Å². The molecule has 2 heterocycles. The lowest BCUT2D eigenvalue weighted by atomic mass is 9.93. The van der Waals surface area contributed by atoms with E-state index in [1.807, 2.05) is 80.5 Å². The third kappa shape index (κ3) is 3.91. The molecule has 164 valence electrons. The van der Waals surface area contributed by atoms with E-state index in [-0.39, 0.29) is 11.3 Å². The fourth-order valence-corrected chi connectivity index (χ4v) is 4.94. The van der Waals surface area contributed by atoms with Gasteiger partial charge in [-0.05, 0) is 55.3 Å². The summed E-state index contributed by atoms with van der Waals surface area (Å²) >= 11 is 1.34. The summed E-state index contributed by atoms with van der Waals surface area (Å²) < 4.78 is 7.48. The normalized spacial score (nSPS) is 15.9. The van der Waals surface area contributed by atoms with Crippen molar-refractivity contribution in [1.82, 2.24) is 4.57 Å². The van der Waals surface area contributed by atoms with Crippen LogP contribution < -0.4 is 24.5 Å². The molecular formula is C25H25N3O3S. The molecule has 1 aromatic heterocycles. The maximum atomic E-state index is 13.5. The quantitative estimate of drug-likeness (QED) is 0.603. The van der Waals surface area contributed by atoms with Crippen LogP contribution in [-0.2, 0) is 4.79 Å². The van der Waals surface area contributed by atoms with Gasteiger partial charge in [0.15, 0.2) is 10.6 Å². The van der Waals surface area contributed by atoms with Gasteiger partial charge in [0.1, 0.15) is 5.75 Å². The van der Waals surface area contributed by atoms with Crippen molar-refractivity contribution in [3.8, 4) is 5.75 Å². The number of ether oxygens (including phenoxy) is 1. The molecule has 32 heavy (non-hydrogen) atoms. The summed E-state index contributed by atoms with van der Waals surface area (Å²) in [6.07, 6.45) is 1.88. The van der Waals surface area contributed by atoms with Crippen molar-refractivity contribution in [2.24, 2.45) is 4.99 Å². The lowest BCUT2D eigenvalue weighted by Crippen LogP contribution is -2.39. The van der Waals surface area contributed by atoms with E-state index in [2.05, 4.69) is 4.99 Å². The zero-order chi connectivity index (χ0) is 23.0. The maximum absolute atomic E-state index is 13.5.